The molecule has 0 aliphatic heterocycles. The van der Waals surface area contributed by atoms with Crippen molar-refractivity contribution in [1.82, 2.24) is 20.4 Å². The maximum atomic E-state index is 12.4. The summed E-state index contributed by atoms with van der Waals surface area (Å²) < 4.78 is 31.9. The summed E-state index contributed by atoms with van der Waals surface area (Å²) in [7, 11) is -4.01. The number of carbonyl (C=O) groups is 1. The summed E-state index contributed by atoms with van der Waals surface area (Å²) in [6.07, 6.45) is 1.11. The molecule has 114 valence electrons. The van der Waals surface area contributed by atoms with Crippen LogP contribution < -0.4 is 4.72 Å². The molecule has 2 aromatic heterocycles. The Morgan fingerprint density at radius 1 is 1.38 bits per heavy atom. The molecule has 0 aliphatic carbocycles. The van der Waals surface area contributed by atoms with Crippen LogP contribution in [0.3, 0.4) is 0 Å². The summed E-state index contributed by atoms with van der Waals surface area (Å²) in [4.78, 5) is 11.7. The number of aryl methyl sites for hydroxylation is 2. The molecule has 0 amide bonds. The maximum Gasteiger partial charge on any atom is 0.342 e. The van der Waals surface area contributed by atoms with Gasteiger partial charge in [-0.3, -0.25) is 14.9 Å². The number of aromatic nitrogens is 4. The minimum atomic E-state index is -4.01. The second-order valence-electron chi connectivity index (χ2n) is 4.25. The fourth-order valence-corrected chi connectivity index (χ4v) is 2.99. The lowest BCUT2D eigenvalue weighted by molar-refractivity contribution is 0.0522. The SMILES string of the molecule is CCOC(=O)c1cn[nH]c1S(=O)(=O)Nc1c(C)n[nH]c1C. The third-order valence-corrected chi connectivity index (χ3v) is 4.05. The van der Waals surface area contributed by atoms with Crippen molar-refractivity contribution in [2.75, 3.05) is 11.3 Å². The van der Waals surface area contributed by atoms with Crippen molar-refractivity contribution < 1.29 is 17.9 Å². The molecular weight excluding hydrogens is 298 g/mol. The van der Waals surface area contributed by atoms with Crippen molar-refractivity contribution in [3.8, 4) is 0 Å². The van der Waals surface area contributed by atoms with E-state index in [9.17, 15) is 13.2 Å². The number of hydrogen-bond donors (Lipinski definition) is 3. The molecule has 10 heteroatoms. The Bertz CT molecular complexity index is 742. The van der Waals surface area contributed by atoms with Gasteiger partial charge < -0.3 is 4.74 Å². The molecule has 0 unspecified atom stereocenters. The number of carbonyl (C=O) groups excluding carboxylic acids is 1. The van der Waals surface area contributed by atoms with E-state index >= 15 is 0 Å². The summed E-state index contributed by atoms with van der Waals surface area (Å²) in [6.45, 7) is 5.09. The zero-order valence-electron chi connectivity index (χ0n) is 11.7. The van der Waals surface area contributed by atoms with Gasteiger partial charge in [0.2, 0.25) is 0 Å². The van der Waals surface area contributed by atoms with Crippen molar-refractivity contribution in [3.63, 3.8) is 0 Å². The van der Waals surface area contributed by atoms with Crippen LogP contribution in [0.5, 0.6) is 0 Å². The van der Waals surface area contributed by atoms with Gasteiger partial charge in [-0.15, -0.1) is 0 Å². The average molecular weight is 313 g/mol. The first-order valence-corrected chi connectivity index (χ1v) is 7.60. The minimum absolute atomic E-state index is 0.136. The first-order chi connectivity index (χ1) is 9.86. The molecular formula is C11H15N5O4S. The van der Waals surface area contributed by atoms with E-state index in [1.54, 1.807) is 20.8 Å². The van der Waals surface area contributed by atoms with Gasteiger partial charge in [-0.1, -0.05) is 0 Å². The van der Waals surface area contributed by atoms with Crippen molar-refractivity contribution in [1.29, 1.82) is 0 Å². The van der Waals surface area contributed by atoms with Gasteiger partial charge in [0.15, 0.2) is 5.03 Å². The molecule has 0 aromatic carbocycles. The molecule has 2 rings (SSSR count). The Balaban J connectivity index is 2.37. The molecule has 0 saturated heterocycles. The molecule has 0 fully saturated rings. The van der Waals surface area contributed by atoms with E-state index in [0.717, 1.165) is 6.20 Å². The number of nitrogens with zero attached hydrogens (tertiary/aromatic N) is 2. The van der Waals surface area contributed by atoms with Gasteiger partial charge in [0.25, 0.3) is 10.0 Å². The highest BCUT2D eigenvalue weighted by Crippen LogP contribution is 2.22. The van der Waals surface area contributed by atoms with Gasteiger partial charge in [0.05, 0.1) is 29.9 Å². The van der Waals surface area contributed by atoms with Gasteiger partial charge in [-0.2, -0.15) is 18.6 Å². The van der Waals surface area contributed by atoms with Crippen LogP contribution in [0.15, 0.2) is 11.2 Å². The second kappa shape index (κ2) is 5.56. The number of H-pyrrole nitrogens is 2. The normalized spacial score (nSPS) is 11.4. The van der Waals surface area contributed by atoms with Crippen LogP contribution >= 0.6 is 0 Å². The third kappa shape index (κ3) is 2.89. The lowest BCUT2D eigenvalue weighted by Crippen LogP contribution is -2.18. The summed E-state index contributed by atoms with van der Waals surface area (Å²) in [5.74, 6) is -0.757. The monoisotopic (exact) mass is 313 g/mol. The molecule has 21 heavy (non-hydrogen) atoms. The standard InChI is InChI=1S/C11H15N5O4S/c1-4-20-11(17)8-5-12-15-10(8)21(18,19)16-9-6(2)13-14-7(9)3/h5,16H,4H2,1-3H3,(H,12,15)(H,13,14). The Morgan fingerprint density at radius 2 is 2.10 bits per heavy atom. The van der Waals surface area contributed by atoms with Gasteiger partial charge in [-0.05, 0) is 20.8 Å². The van der Waals surface area contributed by atoms with Crippen LogP contribution in [0.2, 0.25) is 0 Å². The van der Waals surface area contributed by atoms with Crippen LogP contribution in [-0.4, -0.2) is 41.4 Å². The summed E-state index contributed by atoms with van der Waals surface area (Å²) >= 11 is 0. The van der Waals surface area contributed by atoms with E-state index in [1.807, 2.05) is 0 Å². The molecule has 0 atom stereocenters. The van der Waals surface area contributed by atoms with Crippen molar-refractivity contribution in [3.05, 3.63) is 23.1 Å². The number of ether oxygens (including phenoxy) is 1. The summed E-state index contributed by atoms with van der Waals surface area (Å²) in [6, 6.07) is 0. The Hall–Kier alpha value is -2.36. The lowest BCUT2D eigenvalue weighted by Gasteiger charge is -2.08. The highest BCUT2D eigenvalue weighted by atomic mass is 32.2. The van der Waals surface area contributed by atoms with Crippen molar-refractivity contribution >= 4 is 21.7 Å². The van der Waals surface area contributed by atoms with Gasteiger partial charge in [0.1, 0.15) is 5.56 Å². The number of aromatic amines is 2. The molecule has 0 aliphatic rings. The minimum Gasteiger partial charge on any atom is -0.462 e. The maximum absolute atomic E-state index is 12.4. The molecule has 0 bridgehead atoms. The topological polar surface area (TPSA) is 130 Å². The van der Waals surface area contributed by atoms with Crippen LogP contribution in [0.4, 0.5) is 5.69 Å². The van der Waals surface area contributed by atoms with Crippen molar-refractivity contribution in [2.24, 2.45) is 0 Å². The van der Waals surface area contributed by atoms with E-state index in [-0.39, 0.29) is 17.2 Å². The predicted molar refractivity (Wildman–Crippen MR) is 73.4 cm³/mol. The average Bonchev–Trinajstić information content (AvgIpc) is 3.02. The van der Waals surface area contributed by atoms with Gasteiger partial charge in [0, 0.05) is 0 Å². The Labute approximate surface area is 121 Å². The molecule has 2 heterocycles. The summed E-state index contributed by atoms with van der Waals surface area (Å²) in [5, 5.41) is 12.1. The number of sulfonamides is 1. The number of esters is 1. The number of rotatable bonds is 5. The number of nitrogens with one attached hydrogen (secondary N) is 3. The fraction of sp³-hybridized carbons (Fsp3) is 0.364. The van der Waals surface area contributed by atoms with E-state index in [0.29, 0.717) is 17.1 Å². The van der Waals surface area contributed by atoms with E-state index in [2.05, 4.69) is 25.1 Å². The predicted octanol–water partition coefficient (Wildman–Crippen LogP) is 0.727. The quantitative estimate of drug-likeness (QED) is 0.698. The molecule has 0 saturated carbocycles. The van der Waals surface area contributed by atoms with Crippen LogP contribution in [0.1, 0.15) is 28.7 Å². The number of hydrogen-bond acceptors (Lipinski definition) is 6. The first kappa shape index (κ1) is 15.0. The molecule has 2 aromatic rings. The lowest BCUT2D eigenvalue weighted by atomic mass is 10.3. The van der Waals surface area contributed by atoms with E-state index in [4.69, 9.17) is 4.74 Å². The fourth-order valence-electron chi connectivity index (χ4n) is 1.72. The van der Waals surface area contributed by atoms with Gasteiger partial charge >= 0.3 is 5.97 Å². The van der Waals surface area contributed by atoms with Gasteiger partial charge in [-0.25, -0.2) is 4.79 Å². The Morgan fingerprint density at radius 3 is 2.67 bits per heavy atom. The highest BCUT2D eigenvalue weighted by molar-refractivity contribution is 7.92. The van der Waals surface area contributed by atoms with Crippen LogP contribution in [0, 0.1) is 13.8 Å². The molecule has 0 spiro atoms. The first-order valence-electron chi connectivity index (χ1n) is 6.11. The molecule has 3 N–H and O–H groups in total. The van der Waals surface area contributed by atoms with Crippen molar-refractivity contribution in [2.45, 2.75) is 25.8 Å². The van der Waals surface area contributed by atoms with Crippen LogP contribution in [0.25, 0.3) is 0 Å². The third-order valence-electron chi connectivity index (χ3n) is 2.73. The smallest absolute Gasteiger partial charge is 0.342 e. The molecule has 0 radical (unpaired) electrons. The largest absolute Gasteiger partial charge is 0.462 e. The zero-order chi connectivity index (χ0) is 15.6. The zero-order valence-corrected chi connectivity index (χ0v) is 12.5. The number of anilines is 1. The second-order valence-corrected chi connectivity index (χ2v) is 5.87. The van der Waals surface area contributed by atoms with E-state index < -0.39 is 16.0 Å². The Kier molecular flexibility index (Phi) is 3.98. The van der Waals surface area contributed by atoms with E-state index in [1.165, 1.54) is 0 Å². The summed E-state index contributed by atoms with van der Waals surface area (Å²) in [5.41, 5.74) is 1.24. The molecule has 9 nitrogen and oxygen atoms in total. The van der Waals surface area contributed by atoms with Crippen LogP contribution in [-0.2, 0) is 14.8 Å². The highest BCUT2D eigenvalue weighted by Gasteiger charge is 2.27.